The molecular formula is C6H18NO6P2+. The van der Waals surface area contributed by atoms with Crippen LogP contribution in [-0.4, -0.2) is 31.6 Å². The maximum Gasteiger partial charge on any atom is 0.395 e. The molecule has 6 N–H and O–H groups in total. The first-order chi connectivity index (χ1) is 6.59. The SMILES string of the molecule is CCC(C)C[NH2+]C(P(=O)(O)O)P(=O)(O)O. The minimum atomic E-state index is -4.78. The van der Waals surface area contributed by atoms with Gasteiger partial charge in [-0.25, -0.2) is 0 Å². The van der Waals surface area contributed by atoms with Crippen molar-refractivity contribution in [2.45, 2.75) is 25.8 Å². The largest absolute Gasteiger partial charge is 0.395 e. The van der Waals surface area contributed by atoms with Gasteiger partial charge in [-0.3, -0.25) is 9.13 Å². The van der Waals surface area contributed by atoms with Crippen LogP contribution in [0.1, 0.15) is 20.3 Å². The normalized spacial score (nSPS) is 15.7. The van der Waals surface area contributed by atoms with Crippen molar-refractivity contribution in [3.8, 4) is 0 Å². The maximum absolute atomic E-state index is 10.8. The van der Waals surface area contributed by atoms with Crippen molar-refractivity contribution in [1.82, 2.24) is 0 Å². The summed E-state index contributed by atoms with van der Waals surface area (Å²) in [5.41, 5.74) is -1.97. The van der Waals surface area contributed by atoms with Gasteiger partial charge in [-0.15, -0.1) is 0 Å². The molecule has 1 unspecified atom stereocenters. The Kier molecular flexibility index (Phi) is 5.64. The van der Waals surface area contributed by atoms with Crippen LogP contribution in [0.5, 0.6) is 0 Å². The predicted molar refractivity (Wildman–Crippen MR) is 54.1 cm³/mol. The van der Waals surface area contributed by atoms with E-state index in [2.05, 4.69) is 0 Å². The fourth-order valence-corrected chi connectivity index (χ4v) is 3.35. The standard InChI is InChI=1S/C6H17NO6P2/c1-3-5(2)4-7-6(14(8,9)10)15(11,12)13/h5-7H,3-4H2,1-2H3,(H2,8,9,10)(H2,11,12,13)/p+1. The molecule has 0 saturated heterocycles. The lowest BCUT2D eigenvalue weighted by atomic mass is 10.1. The monoisotopic (exact) mass is 262 g/mol. The minimum Gasteiger partial charge on any atom is -0.323 e. The first kappa shape index (κ1) is 15.3. The van der Waals surface area contributed by atoms with Crippen LogP contribution >= 0.6 is 15.2 Å². The average Bonchev–Trinajstić information content (AvgIpc) is 1.99. The quantitative estimate of drug-likeness (QED) is 0.399. The molecule has 0 aliphatic carbocycles. The number of hydrogen-bond donors (Lipinski definition) is 5. The van der Waals surface area contributed by atoms with E-state index in [4.69, 9.17) is 19.6 Å². The molecule has 15 heavy (non-hydrogen) atoms. The lowest BCUT2D eigenvalue weighted by molar-refractivity contribution is -0.661. The molecule has 9 heteroatoms. The van der Waals surface area contributed by atoms with Gasteiger partial charge in [-0.2, -0.15) is 0 Å². The summed E-state index contributed by atoms with van der Waals surface area (Å²) >= 11 is 0. The molecule has 0 aliphatic rings. The molecule has 0 saturated carbocycles. The average molecular weight is 262 g/mol. The minimum absolute atomic E-state index is 0.144. The smallest absolute Gasteiger partial charge is 0.323 e. The van der Waals surface area contributed by atoms with Crippen LogP contribution in [0.25, 0.3) is 0 Å². The number of rotatable bonds is 6. The van der Waals surface area contributed by atoms with Gasteiger partial charge in [0.05, 0.1) is 6.54 Å². The molecule has 0 fully saturated rings. The first-order valence-corrected chi connectivity index (χ1v) is 7.89. The van der Waals surface area contributed by atoms with Gasteiger partial charge in [0.25, 0.3) is 5.52 Å². The third-order valence-corrected chi connectivity index (χ3v) is 5.74. The zero-order valence-corrected chi connectivity index (χ0v) is 10.4. The molecule has 92 valence electrons. The Morgan fingerprint density at radius 2 is 1.53 bits per heavy atom. The van der Waals surface area contributed by atoms with Crippen LogP contribution < -0.4 is 5.32 Å². The van der Waals surface area contributed by atoms with Gasteiger partial charge in [0.1, 0.15) is 0 Å². The fourth-order valence-electron chi connectivity index (χ4n) is 0.991. The van der Waals surface area contributed by atoms with Crippen LogP contribution in [-0.2, 0) is 9.13 Å². The Hall–Kier alpha value is 0.260. The van der Waals surface area contributed by atoms with Crippen LogP contribution in [0.3, 0.4) is 0 Å². The van der Waals surface area contributed by atoms with Gasteiger partial charge in [-0.1, -0.05) is 13.8 Å². The van der Waals surface area contributed by atoms with Crippen molar-refractivity contribution in [1.29, 1.82) is 0 Å². The third kappa shape index (κ3) is 5.78. The van der Waals surface area contributed by atoms with Crippen LogP contribution in [0.2, 0.25) is 0 Å². The van der Waals surface area contributed by atoms with E-state index in [1.165, 1.54) is 0 Å². The van der Waals surface area contributed by atoms with Gasteiger partial charge >= 0.3 is 15.2 Å². The van der Waals surface area contributed by atoms with Crippen molar-refractivity contribution in [2.24, 2.45) is 5.92 Å². The van der Waals surface area contributed by atoms with Crippen LogP contribution in [0.4, 0.5) is 0 Å². The molecule has 0 bridgehead atoms. The molecule has 0 aliphatic heterocycles. The highest BCUT2D eigenvalue weighted by Crippen LogP contribution is 2.56. The zero-order valence-electron chi connectivity index (χ0n) is 8.65. The summed E-state index contributed by atoms with van der Waals surface area (Å²) in [4.78, 5) is 35.1. The number of hydrogen-bond acceptors (Lipinski definition) is 2. The third-order valence-electron chi connectivity index (χ3n) is 2.14. The Labute approximate surface area is 88.2 Å². The van der Waals surface area contributed by atoms with E-state index in [-0.39, 0.29) is 12.5 Å². The highest BCUT2D eigenvalue weighted by molar-refractivity contribution is 7.70. The fraction of sp³-hybridized carbons (Fsp3) is 1.00. The highest BCUT2D eigenvalue weighted by Gasteiger charge is 2.47. The van der Waals surface area contributed by atoms with E-state index in [1.54, 1.807) is 0 Å². The molecule has 0 radical (unpaired) electrons. The van der Waals surface area contributed by atoms with Gasteiger partial charge in [-0.05, 0) is 6.42 Å². The van der Waals surface area contributed by atoms with E-state index in [0.717, 1.165) is 11.7 Å². The van der Waals surface area contributed by atoms with Crippen LogP contribution in [0.15, 0.2) is 0 Å². The van der Waals surface area contributed by atoms with E-state index < -0.39 is 20.7 Å². The van der Waals surface area contributed by atoms with Gasteiger partial charge in [0, 0.05) is 5.92 Å². The summed E-state index contributed by atoms with van der Waals surface area (Å²) in [5.74, 6) is 0.144. The summed E-state index contributed by atoms with van der Waals surface area (Å²) in [6.45, 7) is 4.01. The van der Waals surface area contributed by atoms with Crippen molar-refractivity contribution in [2.75, 3.05) is 6.54 Å². The molecule has 0 aromatic heterocycles. The molecule has 0 rings (SSSR count). The molecule has 0 aromatic carbocycles. The van der Waals surface area contributed by atoms with E-state index >= 15 is 0 Å². The predicted octanol–water partition coefficient (Wildman–Crippen LogP) is -0.765. The topological polar surface area (TPSA) is 132 Å². The molecule has 0 heterocycles. The van der Waals surface area contributed by atoms with Crippen molar-refractivity contribution >= 4 is 15.2 Å². The molecule has 0 spiro atoms. The summed E-state index contributed by atoms with van der Waals surface area (Å²) in [7, 11) is -9.57. The Morgan fingerprint density at radius 1 is 1.13 bits per heavy atom. The summed E-state index contributed by atoms with van der Waals surface area (Å²) < 4.78 is 21.7. The second-order valence-electron chi connectivity index (χ2n) is 3.58. The molecule has 0 aromatic rings. The Bertz CT molecular complexity index is 261. The van der Waals surface area contributed by atoms with Crippen molar-refractivity contribution in [3.63, 3.8) is 0 Å². The van der Waals surface area contributed by atoms with Crippen LogP contribution in [0, 0.1) is 5.92 Å². The Balaban J connectivity index is 4.57. The molecule has 7 nitrogen and oxygen atoms in total. The van der Waals surface area contributed by atoms with Gasteiger partial charge in [0.15, 0.2) is 0 Å². The molecule has 1 atom stereocenters. The lowest BCUT2D eigenvalue weighted by Gasteiger charge is -2.19. The van der Waals surface area contributed by atoms with Crippen molar-refractivity contribution < 1.29 is 34.0 Å². The first-order valence-electron chi connectivity index (χ1n) is 4.52. The van der Waals surface area contributed by atoms with Gasteiger partial charge < -0.3 is 24.9 Å². The summed E-state index contributed by atoms with van der Waals surface area (Å²) in [5, 5.41) is 1.04. The van der Waals surface area contributed by atoms with Gasteiger partial charge in [0.2, 0.25) is 0 Å². The van der Waals surface area contributed by atoms with E-state index in [0.29, 0.717) is 0 Å². The summed E-state index contributed by atoms with van der Waals surface area (Å²) in [6.07, 6.45) is 0.783. The maximum atomic E-state index is 10.8. The van der Waals surface area contributed by atoms with E-state index in [9.17, 15) is 9.13 Å². The number of quaternary nitrogens is 1. The highest BCUT2D eigenvalue weighted by atomic mass is 31.2. The molecule has 0 amide bonds. The second kappa shape index (κ2) is 5.55. The zero-order chi connectivity index (χ0) is 12.3. The second-order valence-corrected chi connectivity index (χ2v) is 7.45. The van der Waals surface area contributed by atoms with E-state index in [1.807, 2.05) is 13.8 Å². The van der Waals surface area contributed by atoms with Crippen molar-refractivity contribution in [3.05, 3.63) is 0 Å². The Morgan fingerprint density at radius 3 is 1.80 bits per heavy atom. The number of nitrogens with two attached hydrogens (primary N) is 1. The molecular weight excluding hydrogens is 244 g/mol. The lowest BCUT2D eigenvalue weighted by Crippen LogP contribution is -2.90. The summed E-state index contributed by atoms with van der Waals surface area (Å²) in [6, 6.07) is 0.